The number of ether oxygens (including phenoxy) is 1. The second-order valence-corrected chi connectivity index (χ2v) is 14.0. The number of urea groups is 1. The van der Waals surface area contributed by atoms with E-state index in [0.29, 0.717) is 30.1 Å². The zero-order chi connectivity index (χ0) is 40.3. The molecule has 55 heavy (non-hydrogen) atoms. The molecule has 5 rings (SSSR count). The number of hydrogen-bond acceptors (Lipinski definition) is 8. The molecule has 0 radical (unpaired) electrons. The molecule has 1 fully saturated rings. The highest BCUT2D eigenvalue weighted by molar-refractivity contribution is 5.95. The number of aliphatic carboxylic acids is 1. The molecular weight excluding hydrogens is 721 g/mol. The fourth-order valence-corrected chi connectivity index (χ4v) is 5.54. The van der Waals surface area contributed by atoms with Crippen molar-refractivity contribution in [2.24, 2.45) is 0 Å². The van der Waals surface area contributed by atoms with Crippen LogP contribution in [-0.2, 0) is 28.0 Å². The number of hydrogen-bond donors (Lipinski definition) is 6. The minimum atomic E-state index is -5.08. The summed E-state index contributed by atoms with van der Waals surface area (Å²) in [6.07, 6.45) is -4.11. The number of nitrogens with one attached hydrogen (secondary N) is 3. The van der Waals surface area contributed by atoms with E-state index in [1.807, 2.05) is 24.3 Å². The molecule has 4 aromatic carbocycles. The van der Waals surface area contributed by atoms with Gasteiger partial charge in [-0.25, -0.2) is 14.4 Å². The Hall–Kier alpha value is -6.09. The summed E-state index contributed by atoms with van der Waals surface area (Å²) in [6.45, 7) is 8.49. The fraction of sp³-hybridized carbons (Fsp3) is 0.300. The van der Waals surface area contributed by atoms with Crippen molar-refractivity contribution in [3.05, 3.63) is 119 Å². The zero-order valence-corrected chi connectivity index (χ0v) is 30.4. The summed E-state index contributed by atoms with van der Waals surface area (Å²) in [5, 5.41) is 35.0. The summed E-state index contributed by atoms with van der Waals surface area (Å²) in [6, 6.07) is 25.7. The van der Waals surface area contributed by atoms with E-state index < -0.39 is 30.2 Å². The van der Waals surface area contributed by atoms with Crippen molar-refractivity contribution in [2.45, 2.75) is 63.8 Å². The Kier molecular flexibility index (Phi) is 13.9. The third kappa shape index (κ3) is 13.4. The summed E-state index contributed by atoms with van der Waals surface area (Å²) in [7, 11) is 0. The maximum atomic E-state index is 13.5. The molecule has 1 aliphatic rings. The lowest BCUT2D eigenvalue weighted by atomic mass is 9.87. The summed E-state index contributed by atoms with van der Waals surface area (Å²) in [5.41, 5.74) is 3.71. The molecule has 3 amide bonds. The highest BCUT2D eigenvalue weighted by Gasteiger charge is 2.38. The van der Waals surface area contributed by atoms with Crippen molar-refractivity contribution in [3.63, 3.8) is 0 Å². The summed E-state index contributed by atoms with van der Waals surface area (Å²) < 4.78 is 37.3. The smallest absolute Gasteiger partial charge is 0.490 e. The van der Waals surface area contributed by atoms with Crippen LogP contribution in [0.4, 0.5) is 23.7 Å². The van der Waals surface area contributed by atoms with Crippen molar-refractivity contribution in [1.29, 1.82) is 0 Å². The van der Waals surface area contributed by atoms with Crippen LogP contribution in [-0.4, -0.2) is 75.4 Å². The number of aromatic hydroxyl groups is 2. The largest absolute Gasteiger partial charge is 0.508 e. The third-order valence-corrected chi connectivity index (χ3v) is 8.51. The lowest BCUT2D eigenvalue weighted by Gasteiger charge is -2.22. The van der Waals surface area contributed by atoms with Crippen LogP contribution in [0.15, 0.2) is 97.1 Å². The van der Waals surface area contributed by atoms with E-state index in [4.69, 9.17) is 14.6 Å². The van der Waals surface area contributed by atoms with E-state index in [1.54, 1.807) is 60.7 Å². The molecule has 6 N–H and O–H groups in total. The minimum absolute atomic E-state index is 0.0129. The third-order valence-electron chi connectivity index (χ3n) is 8.51. The molecule has 0 spiro atoms. The van der Waals surface area contributed by atoms with E-state index >= 15 is 0 Å². The number of likely N-dealkylation sites (tertiary alicyclic amines) is 1. The number of esters is 1. The van der Waals surface area contributed by atoms with E-state index in [1.165, 1.54) is 12.1 Å². The van der Waals surface area contributed by atoms with Crippen molar-refractivity contribution in [2.75, 3.05) is 18.4 Å². The van der Waals surface area contributed by atoms with Crippen LogP contribution in [0.3, 0.4) is 0 Å². The van der Waals surface area contributed by atoms with Crippen molar-refractivity contribution >= 4 is 29.6 Å². The number of halogens is 3. The highest BCUT2D eigenvalue weighted by atomic mass is 19.4. The van der Waals surface area contributed by atoms with Gasteiger partial charge in [-0.3, -0.25) is 9.69 Å². The Labute approximate surface area is 315 Å². The molecule has 1 unspecified atom stereocenters. The quantitative estimate of drug-likeness (QED) is 0.0791. The van der Waals surface area contributed by atoms with Gasteiger partial charge in [0.05, 0.1) is 5.56 Å². The van der Waals surface area contributed by atoms with Gasteiger partial charge in [-0.1, -0.05) is 57.2 Å². The first kappa shape index (κ1) is 41.7. The number of carbonyl (C=O) groups excluding carboxylic acids is 3. The molecule has 1 aliphatic heterocycles. The van der Waals surface area contributed by atoms with Crippen LogP contribution in [0.5, 0.6) is 17.2 Å². The average molecular weight is 765 g/mol. The number of phenols is 2. The number of carbonyl (C=O) groups is 4. The minimum Gasteiger partial charge on any atom is -0.508 e. The zero-order valence-electron chi connectivity index (χ0n) is 30.4. The Morgan fingerprint density at radius 2 is 1.36 bits per heavy atom. The predicted octanol–water partition coefficient (Wildman–Crippen LogP) is 6.37. The molecule has 0 bridgehead atoms. The van der Waals surface area contributed by atoms with E-state index in [-0.39, 0.29) is 35.3 Å². The second kappa shape index (κ2) is 18.3. The van der Waals surface area contributed by atoms with Crippen LogP contribution < -0.4 is 20.7 Å². The maximum Gasteiger partial charge on any atom is 0.490 e. The van der Waals surface area contributed by atoms with Crippen molar-refractivity contribution in [1.82, 2.24) is 15.5 Å². The van der Waals surface area contributed by atoms with Gasteiger partial charge in [0.25, 0.3) is 0 Å². The summed E-state index contributed by atoms with van der Waals surface area (Å²) in [5.74, 6) is -2.83. The highest BCUT2D eigenvalue weighted by Crippen LogP contribution is 2.25. The van der Waals surface area contributed by atoms with Gasteiger partial charge in [0.15, 0.2) is 0 Å². The lowest BCUT2D eigenvalue weighted by molar-refractivity contribution is -0.192. The Balaban J connectivity index is 0.000000876. The molecule has 1 heterocycles. The molecule has 2 atom stereocenters. The fourth-order valence-electron chi connectivity index (χ4n) is 5.54. The molecular formula is C40H43F3N4O8. The number of phenolic OH excluding ortho intramolecular Hbond substituents is 2. The monoisotopic (exact) mass is 764 g/mol. The lowest BCUT2D eigenvalue weighted by Crippen LogP contribution is -2.52. The number of alkyl halides is 3. The normalized spacial score (nSPS) is 14.8. The van der Waals surface area contributed by atoms with Gasteiger partial charge >= 0.3 is 24.1 Å². The maximum absolute atomic E-state index is 13.5. The number of carboxylic acids is 1. The standard InChI is InChI=1S/C38H42N4O6.C2HF3O2/c1-38(2,3)28-10-18-33(19-11-28)48-36(46)27-8-12-29(13-9-27)40-37(47)41-34(22-25-4-14-31(43)15-5-25)35(45)39-30-20-21-42(24-30)23-26-6-16-32(44)17-7-26;3-2(4,5)1(6)7/h4-19,30,34,43-44H,20-24H2,1-3H3,(H,39,45)(H2,40,41,47);(H,6,7)/t30?,34-;/m0./s1. The number of rotatable bonds is 10. The SMILES string of the molecule is CC(C)(C)c1ccc(OC(=O)c2ccc(NC(=O)N[C@@H](Cc3ccc(O)cc3)C(=O)NC3CCN(Cc4ccc(O)cc4)C3)cc2)cc1.O=C(O)C(F)(F)F. The summed E-state index contributed by atoms with van der Waals surface area (Å²) in [4.78, 5) is 50.4. The van der Waals surface area contributed by atoms with E-state index in [2.05, 4.69) is 41.6 Å². The first-order valence-corrected chi connectivity index (χ1v) is 17.2. The predicted molar refractivity (Wildman–Crippen MR) is 198 cm³/mol. The van der Waals surface area contributed by atoms with Gasteiger partial charge < -0.3 is 36.0 Å². The number of amides is 3. The number of anilines is 1. The van der Waals surface area contributed by atoms with Gasteiger partial charge in [0, 0.05) is 37.8 Å². The van der Waals surface area contributed by atoms with Gasteiger partial charge in [0.2, 0.25) is 5.91 Å². The van der Waals surface area contributed by atoms with Crippen LogP contribution in [0.25, 0.3) is 0 Å². The summed E-state index contributed by atoms with van der Waals surface area (Å²) >= 11 is 0. The number of carboxylic acid groups (broad SMARTS) is 1. The van der Waals surface area contributed by atoms with Gasteiger partial charge in [0.1, 0.15) is 23.3 Å². The van der Waals surface area contributed by atoms with Gasteiger partial charge in [-0.15, -0.1) is 0 Å². The Morgan fingerprint density at radius 1 is 0.818 bits per heavy atom. The van der Waals surface area contributed by atoms with Crippen LogP contribution in [0, 0.1) is 0 Å². The Morgan fingerprint density at radius 3 is 1.89 bits per heavy atom. The van der Waals surface area contributed by atoms with Crippen molar-refractivity contribution < 1.29 is 52.4 Å². The van der Waals surface area contributed by atoms with Crippen LogP contribution in [0.1, 0.15) is 54.2 Å². The number of nitrogens with zero attached hydrogens (tertiary/aromatic N) is 1. The Bertz CT molecular complexity index is 1910. The van der Waals surface area contributed by atoms with Crippen LogP contribution >= 0.6 is 0 Å². The average Bonchev–Trinajstić information content (AvgIpc) is 3.56. The topological polar surface area (TPSA) is 178 Å². The molecule has 15 heteroatoms. The first-order chi connectivity index (χ1) is 25.8. The molecule has 12 nitrogen and oxygen atoms in total. The van der Waals surface area contributed by atoms with E-state index in [0.717, 1.165) is 29.7 Å². The van der Waals surface area contributed by atoms with Crippen LogP contribution in [0.2, 0.25) is 0 Å². The molecule has 0 aromatic heterocycles. The molecule has 292 valence electrons. The molecule has 0 saturated carbocycles. The molecule has 4 aromatic rings. The van der Waals surface area contributed by atoms with Crippen molar-refractivity contribution in [3.8, 4) is 17.2 Å². The number of benzene rings is 4. The first-order valence-electron chi connectivity index (χ1n) is 17.2. The van der Waals surface area contributed by atoms with Gasteiger partial charge in [-0.2, -0.15) is 13.2 Å². The molecule has 1 saturated heterocycles. The van der Waals surface area contributed by atoms with Gasteiger partial charge in [-0.05, 0) is 89.2 Å². The molecule has 0 aliphatic carbocycles. The second-order valence-electron chi connectivity index (χ2n) is 14.0. The van der Waals surface area contributed by atoms with E-state index in [9.17, 15) is 37.8 Å².